The Kier molecular flexibility index (Phi) is 5.72. The summed E-state index contributed by atoms with van der Waals surface area (Å²) >= 11 is 0. The van der Waals surface area contributed by atoms with Crippen LogP contribution < -0.4 is 0 Å². The third-order valence-corrected chi connectivity index (χ3v) is 1.62. The van der Waals surface area contributed by atoms with E-state index in [0.717, 1.165) is 12.8 Å². The lowest BCUT2D eigenvalue weighted by Crippen LogP contribution is -2.28. The summed E-state index contributed by atoms with van der Waals surface area (Å²) in [5.74, 6) is -0.572. The first kappa shape index (κ1) is 11.4. The minimum Gasteiger partial charge on any atom is -0.464 e. The Morgan fingerprint density at radius 2 is 2.08 bits per heavy atom. The molecule has 3 nitrogen and oxygen atoms in total. The fourth-order valence-electron chi connectivity index (χ4n) is 0.675. The molecule has 0 radical (unpaired) electrons. The lowest BCUT2D eigenvalue weighted by molar-refractivity contribution is -0.155. The maximum atomic E-state index is 11.0. The molecular formula is C9H18O3. The van der Waals surface area contributed by atoms with Crippen LogP contribution in [0.25, 0.3) is 0 Å². The van der Waals surface area contributed by atoms with E-state index >= 15 is 0 Å². The average Bonchev–Trinajstić information content (AvgIpc) is 2.03. The van der Waals surface area contributed by atoms with Crippen molar-refractivity contribution in [3.63, 3.8) is 0 Å². The number of rotatable bonds is 5. The fourth-order valence-corrected chi connectivity index (χ4v) is 0.675. The number of ether oxygens (including phenoxy) is 1. The highest BCUT2D eigenvalue weighted by molar-refractivity contribution is 5.74. The molecule has 3 heteroatoms. The van der Waals surface area contributed by atoms with Gasteiger partial charge >= 0.3 is 5.97 Å². The van der Waals surface area contributed by atoms with Gasteiger partial charge in [0.25, 0.3) is 0 Å². The highest BCUT2D eigenvalue weighted by Crippen LogP contribution is 2.03. The molecule has 0 aliphatic carbocycles. The first-order valence-corrected chi connectivity index (χ1v) is 4.44. The number of aliphatic hydroxyl groups excluding tert-OH is 1. The van der Waals surface area contributed by atoms with Gasteiger partial charge in [0.15, 0.2) is 6.10 Å². The molecule has 1 N–H and O–H groups in total. The van der Waals surface area contributed by atoms with Crippen molar-refractivity contribution in [2.45, 2.75) is 39.7 Å². The summed E-state index contributed by atoms with van der Waals surface area (Å²) in [5.41, 5.74) is 0. The van der Waals surface area contributed by atoms with Crippen LogP contribution in [0.3, 0.4) is 0 Å². The number of aliphatic hydroxyl groups is 1. The Hall–Kier alpha value is -0.570. The summed E-state index contributed by atoms with van der Waals surface area (Å²) in [6.07, 6.45) is 0.878. The van der Waals surface area contributed by atoms with Gasteiger partial charge in [-0.25, -0.2) is 4.79 Å². The van der Waals surface area contributed by atoms with E-state index in [0.29, 0.717) is 6.61 Å². The second-order valence-electron chi connectivity index (χ2n) is 3.21. The van der Waals surface area contributed by atoms with E-state index in [2.05, 4.69) is 0 Å². The van der Waals surface area contributed by atoms with Gasteiger partial charge < -0.3 is 9.84 Å². The maximum Gasteiger partial charge on any atom is 0.335 e. The summed E-state index contributed by atoms with van der Waals surface area (Å²) in [4.78, 5) is 11.0. The molecule has 0 unspecified atom stereocenters. The van der Waals surface area contributed by atoms with Crippen LogP contribution in [0.1, 0.15) is 33.6 Å². The second kappa shape index (κ2) is 6.00. The number of hydrogen-bond donors (Lipinski definition) is 1. The summed E-state index contributed by atoms with van der Waals surface area (Å²) in [7, 11) is 0. The maximum absolute atomic E-state index is 11.0. The van der Waals surface area contributed by atoms with Crippen molar-refractivity contribution in [3.05, 3.63) is 0 Å². The number of carbonyl (C=O) groups is 1. The number of esters is 1. The molecule has 0 aromatic carbocycles. The third kappa shape index (κ3) is 4.34. The molecule has 1 atom stereocenters. The van der Waals surface area contributed by atoms with Gasteiger partial charge in [0.1, 0.15) is 0 Å². The topological polar surface area (TPSA) is 46.5 Å². The molecule has 0 aromatic heterocycles. The Morgan fingerprint density at radius 1 is 1.50 bits per heavy atom. The standard InChI is InChI=1S/C9H18O3/c1-4-5-6-12-9(11)8(10)7(2)3/h7-8,10H,4-6H2,1-3H3/t8-/m1/s1. The van der Waals surface area contributed by atoms with Crippen molar-refractivity contribution >= 4 is 5.97 Å². The van der Waals surface area contributed by atoms with Crippen LogP contribution in [0.4, 0.5) is 0 Å². The number of hydrogen-bond acceptors (Lipinski definition) is 3. The predicted octanol–water partition coefficient (Wildman–Crippen LogP) is 1.35. The Bertz CT molecular complexity index is 132. The van der Waals surface area contributed by atoms with Crippen molar-refractivity contribution in [1.82, 2.24) is 0 Å². The van der Waals surface area contributed by atoms with E-state index in [4.69, 9.17) is 4.74 Å². The molecule has 0 heterocycles. The van der Waals surface area contributed by atoms with Crippen LogP contribution in [-0.2, 0) is 9.53 Å². The van der Waals surface area contributed by atoms with Crippen molar-refractivity contribution in [2.75, 3.05) is 6.61 Å². The highest BCUT2D eigenvalue weighted by Gasteiger charge is 2.19. The van der Waals surface area contributed by atoms with Crippen LogP contribution in [-0.4, -0.2) is 23.8 Å². The summed E-state index contributed by atoms with van der Waals surface area (Å²) < 4.78 is 4.82. The first-order chi connectivity index (χ1) is 5.59. The third-order valence-electron chi connectivity index (χ3n) is 1.62. The quantitative estimate of drug-likeness (QED) is 0.505. The molecule has 0 saturated heterocycles. The molecule has 0 aromatic rings. The van der Waals surface area contributed by atoms with E-state index in [1.165, 1.54) is 0 Å². The summed E-state index contributed by atoms with van der Waals surface area (Å²) in [6, 6.07) is 0. The van der Waals surface area contributed by atoms with Gasteiger partial charge in [0.2, 0.25) is 0 Å². The zero-order chi connectivity index (χ0) is 9.56. The van der Waals surface area contributed by atoms with E-state index in [1.54, 1.807) is 13.8 Å². The molecule has 0 aliphatic heterocycles. The Morgan fingerprint density at radius 3 is 2.50 bits per heavy atom. The molecule has 12 heavy (non-hydrogen) atoms. The van der Waals surface area contributed by atoms with Crippen molar-refractivity contribution in [3.8, 4) is 0 Å². The van der Waals surface area contributed by atoms with Crippen LogP contribution in [0.5, 0.6) is 0 Å². The van der Waals surface area contributed by atoms with Crippen LogP contribution in [0.15, 0.2) is 0 Å². The minimum absolute atomic E-state index is 0.0703. The van der Waals surface area contributed by atoms with Crippen molar-refractivity contribution < 1.29 is 14.6 Å². The Balaban J connectivity index is 3.57. The molecule has 72 valence electrons. The lowest BCUT2D eigenvalue weighted by Gasteiger charge is -2.12. The van der Waals surface area contributed by atoms with Crippen molar-refractivity contribution in [2.24, 2.45) is 5.92 Å². The normalized spacial score (nSPS) is 13.1. The molecule has 0 bridgehead atoms. The van der Waals surface area contributed by atoms with Crippen LogP contribution >= 0.6 is 0 Å². The predicted molar refractivity (Wildman–Crippen MR) is 46.7 cm³/mol. The van der Waals surface area contributed by atoms with Gasteiger partial charge in [-0.05, 0) is 12.3 Å². The first-order valence-electron chi connectivity index (χ1n) is 4.44. The fraction of sp³-hybridized carbons (Fsp3) is 0.889. The van der Waals surface area contributed by atoms with Gasteiger partial charge in [-0.1, -0.05) is 27.2 Å². The molecule has 0 rings (SSSR count). The monoisotopic (exact) mass is 174 g/mol. The van der Waals surface area contributed by atoms with E-state index < -0.39 is 12.1 Å². The van der Waals surface area contributed by atoms with Crippen molar-refractivity contribution in [1.29, 1.82) is 0 Å². The minimum atomic E-state index is -0.971. The van der Waals surface area contributed by atoms with E-state index in [9.17, 15) is 9.90 Å². The largest absolute Gasteiger partial charge is 0.464 e. The molecule has 0 spiro atoms. The zero-order valence-electron chi connectivity index (χ0n) is 8.04. The van der Waals surface area contributed by atoms with Gasteiger partial charge in [-0.15, -0.1) is 0 Å². The van der Waals surface area contributed by atoms with Crippen LogP contribution in [0, 0.1) is 5.92 Å². The van der Waals surface area contributed by atoms with E-state index in [1.807, 2.05) is 6.92 Å². The number of unbranched alkanes of at least 4 members (excludes halogenated alkanes) is 1. The van der Waals surface area contributed by atoms with Gasteiger partial charge in [-0.3, -0.25) is 0 Å². The van der Waals surface area contributed by atoms with Gasteiger partial charge in [0.05, 0.1) is 6.61 Å². The smallest absolute Gasteiger partial charge is 0.335 e. The summed E-state index contributed by atoms with van der Waals surface area (Å²) in [5, 5.41) is 9.22. The van der Waals surface area contributed by atoms with Crippen LogP contribution in [0.2, 0.25) is 0 Å². The SMILES string of the molecule is CCCCOC(=O)[C@H](O)C(C)C. The molecule has 0 aliphatic rings. The second-order valence-corrected chi connectivity index (χ2v) is 3.21. The average molecular weight is 174 g/mol. The Labute approximate surface area is 73.7 Å². The van der Waals surface area contributed by atoms with Gasteiger partial charge in [-0.2, -0.15) is 0 Å². The summed E-state index contributed by atoms with van der Waals surface area (Å²) in [6.45, 7) is 6.00. The molecule has 0 fully saturated rings. The molecule has 0 amide bonds. The lowest BCUT2D eigenvalue weighted by atomic mass is 10.1. The zero-order valence-corrected chi connectivity index (χ0v) is 8.04. The molecule has 0 saturated carbocycles. The highest BCUT2D eigenvalue weighted by atomic mass is 16.5. The van der Waals surface area contributed by atoms with E-state index in [-0.39, 0.29) is 5.92 Å². The number of carbonyl (C=O) groups excluding carboxylic acids is 1. The van der Waals surface area contributed by atoms with Gasteiger partial charge in [0, 0.05) is 0 Å². The molecular weight excluding hydrogens is 156 g/mol.